The van der Waals surface area contributed by atoms with Crippen LogP contribution in [0.1, 0.15) is 11.5 Å². The number of hydrogen-bond acceptors (Lipinski definition) is 6. The predicted molar refractivity (Wildman–Crippen MR) is 87.7 cm³/mol. The SMILES string of the molecule is Cc1nnc(-c2csc(S(=O)(=O)NCCc3ccccc3)c2)o1. The standard InChI is InChI=1S/C15H15N3O3S2/c1-11-17-18-15(21-11)13-9-14(22-10-13)23(19,20)16-8-7-12-5-3-2-4-6-12/h2-6,9-10,16H,7-8H2,1H3. The summed E-state index contributed by atoms with van der Waals surface area (Å²) in [5, 5.41) is 9.32. The van der Waals surface area contributed by atoms with Gasteiger partial charge in [-0.25, -0.2) is 13.1 Å². The van der Waals surface area contributed by atoms with Crippen molar-refractivity contribution >= 4 is 21.4 Å². The van der Waals surface area contributed by atoms with Gasteiger partial charge in [-0.2, -0.15) is 0 Å². The molecular weight excluding hydrogens is 334 g/mol. The van der Waals surface area contributed by atoms with Gasteiger partial charge in [0.05, 0.1) is 5.56 Å². The van der Waals surface area contributed by atoms with Gasteiger partial charge < -0.3 is 4.42 Å². The third-order valence-electron chi connectivity index (χ3n) is 3.16. The van der Waals surface area contributed by atoms with Gasteiger partial charge in [-0.3, -0.25) is 0 Å². The average Bonchev–Trinajstić information content (AvgIpc) is 3.17. The van der Waals surface area contributed by atoms with Crippen LogP contribution in [0.2, 0.25) is 0 Å². The van der Waals surface area contributed by atoms with E-state index in [1.54, 1.807) is 18.4 Å². The van der Waals surface area contributed by atoms with E-state index in [1.165, 1.54) is 0 Å². The summed E-state index contributed by atoms with van der Waals surface area (Å²) in [6.45, 7) is 2.03. The van der Waals surface area contributed by atoms with E-state index in [0.717, 1.165) is 16.9 Å². The number of sulfonamides is 1. The molecule has 0 atom stereocenters. The van der Waals surface area contributed by atoms with E-state index in [2.05, 4.69) is 14.9 Å². The highest BCUT2D eigenvalue weighted by Crippen LogP contribution is 2.27. The van der Waals surface area contributed by atoms with Crippen molar-refractivity contribution in [1.82, 2.24) is 14.9 Å². The number of nitrogens with zero attached hydrogens (tertiary/aromatic N) is 2. The second kappa shape index (κ2) is 6.61. The number of nitrogens with one attached hydrogen (secondary N) is 1. The lowest BCUT2D eigenvalue weighted by Gasteiger charge is -2.04. The van der Waals surface area contributed by atoms with Gasteiger partial charge in [0.25, 0.3) is 0 Å². The zero-order valence-electron chi connectivity index (χ0n) is 12.4. The number of hydrogen-bond donors (Lipinski definition) is 1. The molecule has 2 heterocycles. The highest BCUT2D eigenvalue weighted by atomic mass is 32.2. The fraction of sp³-hybridized carbons (Fsp3) is 0.200. The normalized spacial score (nSPS) is 11.7. The third kappa shape index (κ3) is 3.84. The quantitative estimate of drug-likeness (QED) is 0.739. The average molecular weight is 349 g/mol. The maximum atomic E-state index is 12.3. The van der Waals surface area contributed by atoms with Gasteiger partial charge in [-0.05, 0) is 18.1 Å². The molecule has 0 fully saturated rings. The lowest BCUT2D eigenvalue weighted by Crippen LogP contribution is -2.25. The second-order valence-corrected chi connectivity index (χ2v) is 7.82. The lowest BCUT2D eigenvalue weighted by atomic mass is 10.2. The second-order valence-electron chi connectivity index (χ2n) is 4.91. The first kappa shape index (κ1) is 15.9. The van der Waals surface area contributed by atoms with Crippen molar-refractivity contribution < 1.29 is 12.8 Å². The van der Waals surface area contributed by atoms with E-state index < -0.39 is 10.0 Å². The van der Waals surface area contributed by atoms with Crippen molar-refractivity contribution in [3.05, 3.63) is 53.2 Å². The van der Waals surface area contributed by atoms with Crippen molar-refractivity contribution in [3.8, 4) is 11.5 Å². The highest BCUT2D eigenvalue weighted by Gasteiger charge is 2.18. The van der Waals surface area contributed by atoms with E-state index in [0.29, 0.717) is 30.3 Å². The first-order chi connectivity index (χ1) is 11.0. The fourth-order valence-electron chi connectivity index (χ4n) is 2.03. The molecule has 3 aromatic rings. The molecule has 1 aromatic carbocycles. The minimum atomic E-state index is -3.53. The molecule has 0 amide bonds. The Labute approximate surface area is 138 Å². The maximum absolute atomic E-state index is 12.3. The van der Waals surface area contributed by atoms with Crippen LogP contribution < -0.4 is 4.72 Å². The summed E-state index contributed by atoms with van der Waals surface area (Å²) in [5.41, 5.74) is 1.70. The van der Waals surface area contributed by atoms with Gasteiger partial charge in [-0.15, -0.1) is 21.5 Å². The van der Waals surface area contributed by atoms with E-state index in [9.17, 15) is 8.42 Å². The number of benzene rings is 1. The van der Waals surface area contributed by atoms with E-state index in [1.807, 2.05) is 30.3 Å². The Morgan fingerprint density at radius 3 is 2.70 bits per heavy atom. The largest absolute Gasteiger partial charge is 0.421 e. The molecule has 8 heteroatoms. The van der Waals surface area contributed by atoms with Gasteiger partial charge in [0.15, 0.2) is 0 Å². The summed E-state index contributed by atoms with van der Waals surface area (Å²) in [5.74, 6) is 0.765. The molecule has 0 aliphatic rings. The minimum Gasteiger partial charge on any atom is -0.421 e. The Hall–Kier alpha value is -2.03. The minimum absolute atomic E-state index is 0.233. The fourth-order valence-corrected chi connectivity index (χ4v) is 4.26. The Balaban J connectivity index is 1.67. The number of rotatable bonds is 6. The zero-order valence-corrected chi connectivity index (χ0v) is 14.0. The van der Waals surface area contributed by atoms with Crippen LogP contribution in [0.5, 0.6) is 0 Å². The summed E-state index contributed by atoms with van der Waals surface area (Å²) < 4.78 is 32.8. The van der Waals surface area contributed by atoms with Crippen molar-refractivity contribution in [2.45, 2.75) is 17.6 Å². The van der Waals surface area contributed by atoms with Crippen LogP contribution in [-0.4, -0.2) is 25.2 Å². The van der Waals surface area contributed by atoms with E-state index in [-0.39, 0.29) is 4.21 Å². The van der Waals surface area contributed by atoms with Crippen LogP contribution in [0.4, 0.5) is 0 Å². The van der Waals surface area contributed by atoms with Crippen LogP contribution >= 0.6 is 11.3 Å². The topological polar surface area (TPSA) is 85.1 Å². The highest BCUT2D eigenvalue weighted by molar-refractivity contribution is 7.91. The van der Waals surface area contributed by atoms with E-state index >= 15 is 0 Å². The molecule has 0 aliphatic heterocycles. The summed E-state index contributed by atoms with van der Waals surface area (Å²) >= 11 is 1.13. The monoisotopic (exact) mass is 349 g/mol. The molecule has 0 spiro atoms. The maximum Gasteiger partial charge on any atom is 0.250 e. The molecule has 120 valence electrons. The molecule has 2 aromatic heterocycles. The van der Waals surface area contributed by atoms with Crippen LogP contribution in [0.25, 0.3) is 11.5 Å². The molecule has 0 radical (unpaired) electrons. The summed E-state index contributed by atoms with van der Waals surface area (Å²) in [6, 6.07) is 11.3. The Morgan fingerprint density at radius 1 is 1.22 bits per heavy atom. The van der Waals surface area contributed by atoms with Gasteiger partial charge in [0, 0.05) is 18.8 Å². The predicted octanol–water partition coefficient (Wildman–Crippen LogP) is 2.63. The van der Waals surface area contributed by atoms with Crippen molar-refractivity contribution in [3.63, 3.8) is 0 Å². The Bertz CT molecular complexity index is 886. The molecule has 0 saturated carbocycles. The lowest BCUT2D eigenvalue weighted by molar-refractivity contribution is 0.533. The first-order valence-corrected chi connectivity index (χ1v) is 9.33. The number of aromatic nitrogens is 2. The van der Waals surface area contributed by atoms with Crippen molar-refractivity contribution in [2.24, 2.45) is 0 Å². The molecule has 0 aliphatic carbocycles. The molecular formula is C15H15N3O3S2. The Morgan fingerprint density at radius 2 is 2.00 bits per heavy atom. The van der Waals surface area contributed by atoms with Crippen LogP contribution in [0.15, 0.2) is 50.4 Å². The van der Waals surface area contributed by atoms with Crippen LogP contribution in [0, 0.1) is 6.92 Å². The van der Waals surface area contributed by atoms with Gasteiger partial charge in [0.1, 0.15) is 4.21 Å². The number of thiophene rings is 1. The van der Waals surface area contributed by atoms with Gasteiger partial charge in [-0.1, -0.05) is 30.3 Å². The van der Waals surface area contributed by atoms with Crippen LogP contribution in [-0.2, 0) is 16.4 Å². The van der Waals surface area contributed by atoms with Gasteiger partial charge >= 0.3 is 0 Å². The summed E-state index contributed by atoms with van der Waals surface area (Å²) in [6.07, 6.45) is 0.640. The molecule has 0 saturated heterocycles. The molecule has 0 bridgehead atoms. The molecule has 3 rings (SSSR count). The first-order valence-electron chi connectivity index (χ1n) is 6.97. The van der Waals surface area contributed by atoms with Crippen LogP contribution in [0.3, 0.4) is 0 Å². The number of aryl methyl sites for hydroxylation is 1. The molecule has 23 heavy (non-hydrogen) atoms. The zero-order chi connectivity index (χ0) is 16.3. The molecule has 1 N–H and O–H groups in total. The smallest absolute Gasteiger partial charge is 0.250 e. The Kier molecular flexibility index (Phi) is 4.56. The molecule has 6 nitrogen and oxygen atoms in total. The van der Waals surface area contributed by atoms with Crippen molar-refractivity contribution in [1.29, 1.82) is 0 Å². The summed E-state index contributed by atoms with van der Waals surface area (Å²) in [4.78, 5) is 0. The molecule has 0 unspecified atom stereocenters. The van der Waals surface area contributed by atoms with Crippen molar-refractivity contribution in [2.75, 3.05) is 6.54 Å². The van der Waals surface area contributed by atoms with Gasteiger partial charge in [0.2, 0.25) is 21.8 Å². The summed E-state index contributed by atoms with van der Waals surface area (Å²) in [7, 11) is -3.53. The third-order valence-corrected chi connectivity index (χ3v) is 6.06. The van der Waals surface area contributed by atoms with E-state index in [4.69, 9.17) is 4.42 Å².